The second-order valence-corrected chi connectivity index (χ2v) is 5.12. The minimum absolute atomic E-state index is 0.867. The van der Waals surface area contributed by atoms with Gasteiger partial charge in [0.1, 0.15) is 0 Å². The molecule has 0 radical (unpaired) electrons. The topological polar surface area (TPSA) is 12.5 Å². The monoisotopic (exact) mass is 197 g/mol. The maximum Gasteiger partial charge on any atom is 0.0594 e. The predicted octanol–water partition coefficient (Wildman–Crippen LogP) is 2.14. The second kappa shape index (κ2) is 4.63. The number of hydrogen-bond donors (Lipinski definition) is 0. The van der Waals surface area contributed by atoms with Gasteiger partial charge < -0.3 is 4.74 Å². The molecule has 2 nitrogen and oxygen atoms in total. The zero-order valence-corrected chi connectivity index (χ0v) is 9.54. The Morgan fingerprint density at radius 1 is 1.14 bits per heavy atom. The smallest absolute Gasteiger partial charge is 0.0594 e. The van der Waals surface area contributed by atoms with Crippen molar-refractivity contribution in [3.63, 3.8) is 0 Å². The Hall–Kier alpha value is -0.0800. The van der Waals surface area contributed by atoms with E-state index in [1.807, 2.05) is 0 Å². The Labute approximate surface area is 87.6 Å². The lowest BCUT2D eigenvalue weighted by Crippen LogP contribution is -2.42. The molecule has 2 fully saturated rings. The Balaban J connectivity index is 1.82. The van der Waals surface area contributed by atoms with E-state index in [9.17, 15) is 0 Å². The fraction of sp³-hybridized carbons (Fsp3) is 1.00. The summed E-state index contributed by atoms with van der Waals surface area (Å²) in [6.45, 7) is 8.95. The van der Waals surface area contributed by atoms with Gasteiger partial charge in [-0.1, -0.05) is 13.8 Å². The minimum atomic E-state index is 0.867. The van der Waals surface area contributed by atoms with Crippen molar-refractivity contribution < 1.29 is 4.74 Å². The van der Waals surface area contributed by atoms with Crippen LogP contribution in [0.3, 0.4) is 0 Å². The first-order valence-electron chi connectivity index (χ1n) is 6.09. The molecule has 0 amide bonds. The van der Waals surface area contributed by atoms with Crippen LogP contribution in [0.1, 0.15) is 33.1 Å². The van der Waals surface area contributed by atoms with Gasteiger partial charge in [-0.25, -0.2) is 0 Å². The Morgan fingerprint density at radius 3 is 2.43 bits per heavy atom. The number of nitrogens with zero attached hydrogens (tertiary/aromatic N) is 1. The maximum absolute atomic E-state index is 5.39. The molecule has 0 aromatic heterocycles. The summed E-state index contributed by atoms with van der Waals surface area (Å²) in [4.78, 5) is 2.64. The molecule has 0 unspecified atom stereocenters. The number of morpholine rings is 1. The summed E-state index contributed by atoms with van der Waals surface area (Å²) in [5.41, 5.74) is 0. The zero-order chi connectivity index (χ0) is 9.97. The summed E-state index contributed by atoms with van der Waals surface area (Å²) < 4.78 is 5.39. The lowest BCUT2D eigenvalue weighted by molar-refractivity contribution is 0.0168. The van der Waals surface area contributed by atoms with Gasteiger partial charge in [-0.3, -0.25) is 4.90 Å². The van der Waals surface area contributed by atoms with Crippen molar-refractivity contribution in [3.8, 4) is 0 Å². The SMILES string of the molecule is CC(C)[C@@H]1CC[C@H](N2CCOCC2)C1. The molecule has 2 heteroatoms. The van der Waals surface area contributed by atoms with Crippen molar-refractivity contribution >= 4 is 0 Å². The standard InChI is InChI=1S/C12H23NO/c1-10(2)11-3-4-12(9-11)13-5-7-14-8-6-13/h10-12H,3-9H2,1-2H3/t11-,12+/m1/s1. The first-order valence-corrected chi connectivity index (χ1v) is 6.09. The molecule has 0 spiro atoms. The number of rotatable bonds is 2. The minimum Gasteiger partial charge on any atom is -0.379 e. The lowest BCUT2D eigenvalue weighted by atomic mass is 9.94. The molecule has 0 N–H and O–H groups in total. The highest BCUT2D eigenvalue weighted by Crippen LogP contribution is 2.34. The molecule has 2 rings (SSSR count). The van der Waals surface area contributed by atoms with Gasteiger partial charge in [0.05, 0.1) is 13.2 Å². The van der Waals surface area contributed by atoms with E-state index in [4.69, 9.17) is 4.74 Å². The number of hydrogen-bond acceptors (Lipinski definition) is 2. The third kappa shape index (κ3) is 2.29. The summed E-state index contributed by atoms with van der Waals surface area (Å²) in [5, 5.41) is 0. The molecule has 0 aromatic carbocycles. The van der Waals surface area contributed by atoms with E-state index >= 15 is 0 Å². The van der Waals surface area contributed by atoms with Crippen molar-refractivity contribution in [2.45, 2.75) is 39.2 Å². The van der Waals surface area contributed by atoms with Gasteiger partial charge in [0.2, 0.25) is 0 Å². The molecule has 1 saturated carbocycles. The largest absolute Gasteiger partial charge is 0.379 e. The van der Waals surface area contributed by atoms with Crippen LogP contribution < -0.4 is 0 Å². The highest BCUT2D eigenvalue weighted by molar-refractivity contribution is 4.84. The molecule has 1 heterocycles. The maximum atomic E-state index is 5.39. The fourth-order valence-corrected chi connectivity index (χ4v) is 2.87. The van der Waals surface area contributed by atoms with Crippen LogP contribution in [0.2, 0.25) is 0 Å². The van der Waals surface area contributed by atoms with Gasteiger partial charge in [-0.05, 0) is 31.1 Å². The molecular formula is C12H23NO. The van der Waals surface area contributed by atoms with E-state index in [0.717, 1.165) is 44.2 Å². The van der Waals surface area contributed by atoms with E-state index in [1.165, 1.54) is 19.3 Å². The van der Waals surface area contributed by atoms with Crippen LogP contribution in [0.25, 0.3) is 0 Å². The molecular weight excluding hydrogens is 174 g/mol. The van der Waals surface area contributed by atoms with Crippen LogP contribution in [0.15, 0.2) is 0 Å². The van der Waals surface area contributed by atoms with Crippen molar-refractivity contribution in [2.75, 3.05) is 26.3 Å². The molecule has 1 saturated heterocycles. The van der Waals surface area contributed by atoms with Gasteiger partial charge in [0, 0.05) is 19.1 Å². The Morgan fingerprint density at radius 2 is 1.86 bits per heavy atom. The molecule has 2 atom stereocenters. The molecule has 82 valence electrons. The van der Waals surface area contributed by atoms with Crippen molar-refractivity contribution in [3.05, 3.63) is 0 Å². The van der Waals surface area contributed by atoms with E-state index in [0.29, 0.717) is 0 Å². The average molecular weight is 197 g/mol. The third-order valence-electron chi connectivity index (χ3n) is 3.95. The van der Waals surface area contributed by atoms with Crippen LogP contribution >= 0.6 is 0 Å². The lowest BCUT2D eigenvalue weighted by Gasteiger charge is -2.32. The van der Waals surface area contributed by atoms with Crippen LogP contribution in [0, 0.1) is 11.8 Å². The highest BCUT2D eigenvalue weighted by atomic mass is 16.5. The number of ether oxygens (including phenoxy) is 1. The highest BCUT2D eigenvalue weighted by Gasteiger charge is 2.31. The third-order valence-corrected chi connectivity index (χ3v) is 3.95. The van der Waals surface area contributed by atoms with E-state index in [2.05, 4.69) is 18.7 Å². The summed E-state index contributed by atoms with van der Waals surface area (Å²) in [6.07, 6.45) is 4.29. The summed E-state index contributed by atoms with van der Waals surface area (Å²) in [7, 11) is 0. The van der Waals surface area contributed by atoms with E-state index in [1.54, 1.807) is 0 Å². The fourth-order valence-electron chi connectivity index (χ4n) is 2.87. The van der Waals surface area contributed by atoms with Gasteiger partial charge in [0.15, 0.2) is 0 Å². The van der Waals surface area contributed by atoms with Crippen molar-refractivity contribution in [1.29, 1.82) is 0 Å². The molecule has 1 aliphatic carbocycles. The van der Waals surface area contributed by atoms with E-state index < -0.39 is 0 Å². The molecule has 14 heavy (non-hydrogen) atoms. The zero-order valence-electron chi connectivity index (χ0n) is 9.54. The van der Waals surface area contributed by atoms with Crippen LogP contribution in [0.4, 0.5) is 0 Å². The summed E-state index contributed by atoms with van der Waals surface area (Å²) in [6, 6.07) is 0.867. The quantitative estimate of drug-likeness (QED) is 0.672. The van der Waals surface area contributed by atoms with Gasteiger partial charge in [-0.2, -0.15) is 0 Å². The van der Waals surface area contributed by atoms with E-state index in [-0.39, 0.29) is 0 Å². The van der Waals surface area contributed by atoms with Crippen LogP contribution in [-0.2, 0) is 4.74 Å². The average Bonchev–Trinajstić information content (AvgIpc) is 2.68. The summed E-state index contributed by atoms with van der Waals surface area (Å²) >= 11 is 0. The first kappa shape index (κ1) is 10.4. The summed E-state index contributed by atoms with van der Waals surface area (Å²) in [5.74, 6) is 1.85. The molecule has 0 aromatic rings. The predicted molar refractivity (Wildman–Crippen MR) is 58.4 cm³/mol. The molecule has 2 aliphatic rings. The van der Waals surface area contributed by atoms with Crippen molar-refractivity contribution in [1.82, 2.24) is 4.90 Å². The Kier molecular flexibility index (Phi) is 3.45. The van der Waals surface area contributed by atoms with Crippen molar-refractivity contribution in [2.24, 2.45) is 11.8 Å². The molecule has 0 bridgehead atoms. The second-order valence-electron chi connectivity index (χ2n) is 5.12. The normalized spacial score (nSPS) is 35.4. The van der Waals surface area contributed by atoms with Crippen LogP contribution in [-0.4, -0.2) is 37.2 Å². The first-order chi connectivity index (χ1) is 6.77. The van der Waals surface area contributed by atoms with Gasteiger partial charge in [-0.15, -0.1) is 0 Å². The van der Waals surface area contributed by atoms with Gasteiger partial charge >= 0.3 is 0 Å². The van der Waals surface area contributed by atoms with Gasteiger partial charge in [0.25, 0.3) is 0 Å². The molecule has 1 aliphatic heterocycles. The Bertz CT molecular complexity index is 175. The van der Waals surface area contributed by atoms with Crippen LogP contribution in [0.5, 0.6) is 0 Å².